The first kappa shape index (κ1) is 28.6. The number of carbonyl (C=O) groups is 2. The van der Waals surface area contributed by atoms with Gasteiger partial charge >= 0.3 is 6.09 Å². The summed E-state index contributed by atoms with van der Waals surface area (Å²) in [6, 6.07) is 10.2. The molecule has 1 aliphatic heterocycles. The van der Waals surface area contributed by atoms with Crippen molar-refractivity contribution in [3.8, 4) is 5.75 Å². The number of methoxy groups -OCH3 is 1. The fourth-order valence-electron chi connectivity index (χ4n) is 3.85. The van der Waals surface area contributed by atoms with E-state index in [1.165, 1.54) is 0 Å². The third-order valence-corrected chi connectivity index (χ3v) is 7.34. The highest BCUT2D eigenvalue weighted by Crippen LogP contribution is 2.29. The normalized spacial score (nSPS) is 15.0. The number of hydrogen-bond donors (Lipinski definition) is 3. The highest BCUT2D eigenvalue weighted by Gasteiger charge is 2.27. The molecule has 0 radical (unpaired) electrons. The lowest BCUT2D eigenvalue weighted by atomic mass is 10.0. The van der Waals surface area contributed by atoms with Gasteiger partial charge in [0.2, 0.25) is 0 Å². The molecule has 37 heavy (non-hydrogen) atoms. The summed E-state index contributed by atoms with van der Waals surface area (Å²) in [5, 5.41) is 3.93. The van der Waals surface area contributed by atoms with E-state index in [0.717, 1.165) is 18.5 Å². The van der Waals surface area contributed by atoms with Crippen molar-refractivity contribution in [2.45, 2.75) is 57.1 Å². The summed E-state index contributed by atoms with van der Waals surface area (Å²) < 4.78 is 23.3. The summed E-state index contributed by atoms with van der Waals surface area (Å²) in [6.45, 7) is 8.57. The summed E-state index contributed by atoms with van der Waals surface area (Å²) in [5.74, 6) is 0.581. The second kappa shape index (κ2) is 12.5. The fourth-order valence-corrected chi connectivity index (χ4v) is 4.91. The van der Waals surface area contributed by atoms with Gasteiger partial charge < -0.3 is 19.7 Å². The number of ether oxygens (including phenoxy) is 2. The minimum absolute atomic E-state index is 0.148. The van der Waals surface area contributed by atoms with Crippen molar-refractivity contribution < 1.29 is 23.3 Å². The van der Waals surface area contributed by atoms with Crippen LogP contribution in [-0.2, 0) is 15.5 Å². The molecule has 1 saturated heterocycles. The van der Waals surface area contributed by atoms with Crippen LogP contribution in [0.15, 0.2) is 41.3 Å². The number of hydrazine groups is 1. The first-order chi connectivity index (χ1) is 17.5. The van der Waals surface area contributed by atoms with Crippen LogP contribution in [0.25, 0.3) is 0 Å². The lowest BCUT2D eigenvalue weighted by Gasteiger charge is -2.34. The zero-order chi connectivity index (χ0) is 27.2. The number of anilines is 2. The molecule has 3 rings (SSSR count). The molecule has 2 aromatic carbocycles. The Balaban J connectivity index is 1.61. The molecule has 11 heteroatoms. The maximum absolute atomic E-state index is 12.8. The van der Waals surface area contributed by atoms with Gasteiger partial charge in [0.25, 0.3) is 5.91 Å². The van der Waals surface area contributed by atoms with Gasteiger partial charge in [0, 0.05) is 35.5 Å². The van der Waals surface area contributed by atoms with E-state index >= 15 is 0 Å². The smallest absolute Gasteiger partial charge is 0.410 e. The minimum atomic E-state index is -1.22. The van der Waals surface area contributed by atoms with Crippen LogP contribution in [-0.4, -0.2) is 58.7 Å². The van der Waals surface area contributed by atoms with Crippen LogP contribution < -0.4 is 20.9 Å². The molecule has 9 nitrogen and oxygen atoms in total. The molecule has 2 aromatic rings. The van der Waals surface area contributed by atoms with Crippen molar-refractivity contribution in [1.29, 1.82) is 0 Å². The molecule has 1 heterocycles. The van der Waals surface area contributed by atoms with Gasteiger partial charge in [0.1, 0.15) is 11.4 Å². The molecule has 0 spiro atoms. The number of carbonyl (C=O) groups excluding carboxylic acids is 2. The molecule has 0 aromatic heterocycles. The van der Waals surface area contributed by atoms with Crippen molar-refractivity contribution in [2.24, 2.45) is 0 Å². The molecule has 202 valence electrons. The molecule has 1 atom stereocenters. The van der Waals surface area contributed by atoms with Crippen LogP contribution in [0.3, 0.4) is 0 Å². The van der Waals surface area contributed by atoms with E-state index in [-0.39, 0.29) is 18.0 Å². The number of nitrogens with one attached hydrogen (secondary N) is 3. The average Bonchev–Trinajstić information content (AvgIpc) is 2.86. The number of hydrogen-bond acceptors (Lipinski definition) is 7. The molecule has 0 bridgehead atoms. The van der Waals surface area contributed by atoms with Gasteiger partial charge in [-0.15, -0.1) is 0 Å². The Labute approximate surface area is 225 Å². The van der Waals surface area contributed by atoms with E-state index in [4.69, 9.17) is 21.1 Å². The third-order valence-electron chi connectivity index (χ3n) is 5.73. The van der Waals surface area contributed by atoms with E-state index in [2.05, 4.69) is 16.2 Å². The molecule has 1 unspecified atom stereocenters. The summed E-state index contributed by atoms with van der Waals surface area (Å²) in [7, 11) is 0.325. The SMILES string of the molecule is CCS(=O)c1ccc(Cl)cc1NNC(=O)c1ccc(NC2CCN(C(=O)OC(C)(C)C)CC2)c(OC)c1. The maximum Gasteiger partial charge on any atom is 0.410 e. The highest BCUT2D eigenvalue weighted by molar-refractivity contribution is 7.85. The fraction of sp³-hybridized carbons (Fsp3) is 0.462. The first-order valence-electron chi connectivity index (χ1n) is 12.2. The number of rotatable bonds is 8. The Morgan fingerprint density at radius 2 is 1.81 bits per heavy atom. The Kier molecular flexibility index (Phi) is 9.67. The zero-order valence-corrected chi connectivity index (χ0v) is 23.4. The molecular formula is C26H35ClN4O5S. The van der Waals surface area contributed by atoms with Crippen LogP contribution in [0.2, 0.25) is 5.02 Å². The second-order valence-corrected chi connectivity index (χ2v) is 11.8. The molecule has 0 saturated carbocycles. The van der Waals surface area contributed by atoms with Gasteiger partial charge in [-0.05, 0) is 70.0 Å². The Morgan fingerprint density at radius 1 is 1.11 bits per heavy atom. The molecule has 0 aliphatic carbocycles. The van der Waals surface area contributed by atoms with Crippen molar-refractivity contribution in [3.05, 3.63) is 47.0 Å². The lowest BCUT2D eigenvalue weighted by Crippen LogP contribution is -2.44. The van der Waals surface area contributed by atoms with Gasteiger partial charge in [-0.25, -0.2) is 4.79 Å². The van der Waals surface area contributed by atoms with Crippen molar-refractivity contribution in [3.63, 3.8) is 0 Å². The third kappa shape index (κ3) is 8.00. The van der Waals surface area contributed by atoms with Crippen LogP contribution in [0.5, 0.6) is 5.75 Å². The van der Waals surface area contributed by atoms with E-state index in [0.29, 0.717) is 45.8 Å². The molecule has 3 N–H and O–H groups in total. The van der Waals surface area contributed by atoms with Crippen LogP contribution >= 0.6 is 11.6 Å². The van der Waals surface area contributed by atoms with Crippen LogP contribution in [0, 0.1) is 0 Å². The van der Waals surface area contributed by atoms with Gasteiger partial charge in [-0.3, -0.25) is 19.9 Å². The monoisotopic (exact) mass is 550 g/mol. The number of likely N-dealkylation sites (tertiary alicyclic amines) is 1. The highest BCUT2D eigenvalue weighted by atomic mass is 35.5. The summed E-state index contributed by atoms with van der Waals surface area (Å²) in [5.41, 5.74) is 6.58. The van der Waals surface area contributed by atoms with Gasteiger partial charge in [-0.2, -0.15) is 0 Å². The minimum Gasteiger partial charge on any atom is -0.495 e. The van der Waals surface area contributed by atoms with Crippen LogP contribution in [0.1, 0.15) is 50.9 Å². The predicted octanol–water partition coefficient (Wildman–Crippen LogP) is 5.04. The van der Waals surface area contributed by atoms with Crippen molar-refractivity contribution in [1.82, 2.24) is 10.3 Å². The first-order valence-corrected chi connectivity index (χ1v) is 13.9. The van der Waals surface area contributed by atoms with Gasteiger partial charge in [0.05, 0.1) is 34.2 Å². The molecular weight excluding hydrogens is 516 g/mol. The lowest BCUT2D eigenvalue weighted by molar-refractivity contribution is 0.0210. The number of benzene rings is 2. The summed E-state index contributed by atoms with van der Waals surface area (Å²) in [4.78, 5) is 27.4. The Hall–Kier alpha value is -2.98. The zero-order valence-electron chi connectivity index (χ0n) is 21.9. The number of piperidine rings is 1. The molecule has 1 aliphatic rings. The summed E-state index contributed by atoms with van der Waals surface area (Å²) >= 11 is 6.08. The van der Waals surface area contributed by atoms with E-state index in [9.17, 15) is 13.8 Å². The number of amides is 2. The number of halogens is 1. The molecule has 2 amide bonds. The van der Waals surface area contributed by atoms with Crippen molar-refractivity contribution in [2.75, 3.05) is 36.7 Å². The van der Waals surface area contributed by atoms with E-state index in [1.54, 1.807) is 48.4 Å². The van der Waals surface area contributed by atoms with Crippen molar-refractivity contribution >= 4 is 45.8 Å². The molecule has 1 fully saturated rings. The largest absolute Gasteiger partial charge is 0.495 e. The standard InChI is InChI=1S/C26H35ClN4O5S/c1-6-37(34)23-10-8-18(27)16-21(23)29-30-24(32)17-7-9-20(22(15-17)35-5)28-19-11-13-31(14-12-19)25(33)36-26(2,3)4/h7-10,15-16,19,28-29H,6,11-14H2,1-5H3,(H,30,32). The predicted molar refractivity (Wildman–Crippen MR) is 147 cm³/mol. The topological polar surface area (TPSA) is 109 Å². The van der Waals surface area contributed by atoms with E-state index < -0.39 is 16.4 Å². The Bertz CT molecular complexity index is 1150. The number of nitrogens with zero attached hydrogens (tertiary/aromatic N) is 1. The Morgan fingerprint density at radius 3 is 2.43 bits per heavy atom. The van der Waals surface area contributed by atoms with Gasteiger partial charge in [0.15, 0.2) is 0 Å². The summed E-state index contributed by atoms with van der Waals surface area (Å²) in [6.07, 6.45) is 1.23. The average molecular weight is 551 g/mol. The maximum atomic E-state index is 12.8. The second-order valence-electron chi connectivity index (χ2n) is 9.65. The van der Waals surface area contributed by atoms with Crippen LogP contribution in [0.4, 0.5) is 16.2 Å². The van der Waals surface area contributed by atoms with Gasteiger partial charge in [-0.1, -0.05) is 18.5 Å². The quantitative estimate of drug-likeness (QED) is 0.395. The van der Waals surface area contributed by atoms with E-state index in [1.807, 2.05) is 27.7 Å².